The number of Topliss-reactive ketones (excluding diaryl/α,β-unsaturated/α-hetero) is 1. The first kappa shape index (κ1) is 20.1. The topological polar surface area (TPSA) is 102 Å². The number of para-hydroxylation sites is 1. The van der Waals surface area contributed by atoms with Gasteiger partial charge in [0.25, 0.3) is 5.69 Å². The molecule has 150 valence electrons. The van der Waals surface area contributed by atoms with E-state index in [0.29, 0.717) is 28.4 Å². The lowest BCUT2D eigenvalue weighted by Gasteiger charge is -2.12. The van der Waals surface area contributed by atoms with Gasteiger partial charge in [-0.3, -0.25) is 4.79 Å². The first-order chi connectivity index (χ1) is 14.0. The normalized spacial score (nSPS) is 10.6. The quantitative estimate of drug-likeness (QED) is 0.250. The molecule has 0 amide bonds. The number of aromatic nitrogens is 2. The van der Waals surface area contributed by atoms with Crippen LogP contribution in [0.3, 0.4) is 0 Å². The van der Waals surface area contributed by atoms with Gasteiger partial charge in [0.2, 0.25) is 11.3 Å². The second kappa shape index (κ2) is 9.01. The van der Waals surface area contributed by atoms with E-state index in [-0.39, 0.29) is 30.1 Å². The van der Waals surface area contributed by atoms with E-state index < -0.39 is 11.8 Å². The molecular weight excluding hydrogens is 376 g/mol. The van der Waals surface area contributed by atoms with E-state index in [1.54, 1.807) is 36.4 Å². The average molecular weight is 396 g/mol. The van der Waals surface area contributed by atoms with Crippen LogP contribution in [0.1, 0.15) is 30.0 Å². The van der Waals surface area contributed by atoms with Gasteiger partial charge >= 0.3 is 5.97 Å². The van der Waals surface area contributed by atoms with Crippen LogP contribution in [0.2, 0.25) is 0 Å². The third kappa shape index (κ3) is 4.78. The van der Waals surface area contributed by atoms with Crippen LogP contribution in [-0.4, -0.2) is 30.0 Å². The summed E-state index contributed by atoms with van der Waals surface area (Å²) in [5, 5.41) is 12.7. The molecule has 0 bridgehead atoms. The highest BCUT2D eigenvalue weighted by Crippen LogP contribution is 2.19. The second-order valence-corrected chi connectivity index (χ2v) is 6.10. The largest absolute Gasteiger partial charge is 0.618 e. The maximum absolute atomic E-state index is 12.7. The highest BCUT2D eigenvalue weighted by molar-refractivity contribution is 5.93. The molecule has 0 aliphatic carbocycles. The molecule has 0 unspecified atom stereocenters. The molecule has 0 fully saturated rings. The molecule has 2 aromatic carbocycles. The number of fused-ring (bicyclic) bond motifs is 1. The zero-order chi connectivity index (χ0) is 20.8. The summed E-state index contributed by atoms with van der Waals surface area (Å²) in [7, 11) is 0. The van der Waals surface area contributed by atoms with Crippen molar-refractivity contribution in [3.05, 3.63) is 65.1 Å². The van der Waals surface area contributed by atoms with Gasteiger partial charge in [0.1, 0.15) is 23.6 Å². The van der Waals surface area contributed by atoms with Crippen molar-refractivity contribution in [2.24, 2.45) is 0 Å². The third-order valence-electron chi connectivity index (χ3n) is 4.01. The SMILES string of the molecule is CCOc1ccc2nc(COC(=O)COc3ccccc3)c(C(C)=O)[n+]([O-])c2c1. The van der Waals surface area contributed by atoms with Crippen LogP contribution in [0, 0.1) is 5.21 Å². The minimum Gasteiger partial charge on any atom is -0.618 e. The number of carbonyl (C=O) groups excluding carboxylic acids is 2. The Kier molecular flexibility index (Phi) is 6.23. The summed E-state index contributed by atoms with van der Waals surface area (Å²) in [5.41, 5.74) is 0.462. The Morgan fingerprint density at radius 3 is 2.52 bits per heavy atom. The average Bonchev–Trinajstić information content (AvgIpc) is 2.72. The fourth-order valence-electron chi connectivity index (χ4n) is 2.75. The maximum Gasteiger partial charge on any atom is 0.344 e. The van der Waals surface area contributed by atoms with Crippen molar-refractivity contribution in [3.63, 3.8) is 0 Å². The monoisotopic (exact) mass is 396 g/mol. The fraction of sp³-hybridized carbons (Fsp3) is 0.238. The van der Waals surface area contributed by atoms with Crippen molar-refractivity contribution in [2.45, 2.75) is 20.5 Å². The molecule has 0 saturated heterocycles. The minimum atomic E-state index is -0.644. The zero-order valence-corrected chi connectivity index (χ0v) is 16.1. The van der Waals surface area contributed by atoms with Crippen molar-refractivity contribution < 1.29 is 28.5 Å². The third-order valence-corrected chi connectivity index (χ3v) is 4.01. The first-order valence-corrected chi connectivity index (χ1v) is 9.03. The molecule has 8 heteroatoms. The van der Waals surface area contributed by atoms with Gasteiger partial charge in [0.15, 0.2) is 12.3 Å². The Bertz CT molecular complexity index is 1040. The Balaban J connectivity index is 1.79. The molecule has 0 aliphatic rings. The van der Waals surface area contributed by atoms with Crippen molar-refractivity contribution >= 4 is 22.8 Å². The standard InChI is InChI=1S/C21H20N2O6/c1-3-27-16-9-10-17-19(11-16)23(26)21(14(2)24)18(22-17)12-29-20(25)13-28-15-7-5-4-6-8-15/h4-11H,3,12-13H2,1-2H3. The molecular formula is C21H20N2O6. The van der Waals surface area contributed by atoms with Crippen LogP contribution in [-0.2, 0) is 16.1 Å². The van der Waals surface area contributed by atoms with Gasteiger partial charge in [0.05, 0.1) is 12.7 Å². The molecule has 3 rings (SSSR count). The number of hydrogen-bond acceptors (Lipinski definition) is 7. The number of benzene rings is 2. The zero-order valence-electron chi connectivity index (χ0n) is 16.1. The van der Waals surface area contributed by atoms with Crippen LogP contribution in [0.25, 0.3) is 11.0 Å². The van der Waals surface area contributed by atoms with Crippen molar-refractivity contribution in [1.82, 2.24) is 4.98 Å². The summed E-state index contributed by atoms with van der Waals surface area (Å²) in [4.78, 5) is 28.3. The molecule has 3 aromatic rings. The van der Waals surface area contributed by atoms with Gasteiger partial charge in [-0.05, 0) is 31.2 Å². The van der Waals surface area contributed by atoms with Gasteiger partial charge in [0, 0.05) is 6.92 Å². The Labute approximate surface area is 167 Å². The smallest absolute Gasteiger partial charge is 0.344 e. The number of ether oxygens (including phenoxy) is 3. The van der Waals surface area contributed by atoms with E-state index >= 15 is 0 Å². The van der Waals surface area contributed by atoms with Gasteiger partial charge in [-0.1, -0.05) is 18.2 Å². The summed E-state index contributed by atoms with van der Waals surface area (Å²) in [6.07, 6.45) is 0. The molecule has 0 saturated carbocycles. The van der Waals surface area contributed by atoms with Crippen molar-refractivity contribution in [2.75, 3.05) is 13.2 Å². The molecule has 1 aromatic heterocycles. The molecule has 0 aliphatic heterocycles. The lowest BCUT2D eigenvalue weighted by Crippen LogP contribution is -2.37. The number of hydrogen-bond donors (Lipinski definition) is 0. The van der Waals surface area contributed by atoms with Gasteiger partial charge in [-0.15, -0.1) is 0 Å². The molecule has 29 heavy (non-hydrogen) atoms. The van der Waals surface area contributed by atoms with E-state index in [1.165, 1.54) is 13.0 Å². The second-order valence-electron chi connectivity index (χ2n) is 6.10. The van der Waals surface area contributed by atoms with Crippen molar-refractivity contribution in [1.29, 1.82) is 0 Å². The number of ketones is 1. The van der Waals surface area contributed by atoms with E-state index in [4.69, 9.17) is 14.2 Å². The maximum atomic E-state index is 12.7. The van der Waals surface area contributed by atoms with Crippen LogP contribution < -0.4 is 14.2 Å². The van der Waals surface area contributed by atoms with Crippen LogP contribution >= 0.6 is 0 Å². The highest BCUT2D eigenvalue weighted by atomic mass is 16.6. The fourth-order valence-corrected chi connectivity index (χ4v) is 2.75. The van der Waals surface area contributed by atoms with Crippen LogP contribution in [0.15, 0.2) is 48.5 Å². The molecule has 1 heterocycles. The van der Waals surface area contributed by atoms with E-state index in [1.807, 2.05) is 13.0 Å². The summed E-state index contributed by atoms with van der Waals surface area (Å²) in [5.74, 6) is -0.101. The van der Waals surface area contributed by atoms with Gasteiger partial charge < -0.3 is 19.4 Å². The predicted molar refractivity (Wildman–Crippen MR) is 104 cm³/mol. The van der Waals surface area contributed by atoms with Crippen LogP contribution in [0.4, 0.5) is 0 Å². The Hall–Kier alpha value is -3.68. The minimum absolute atomic E-state index is 0.0808. The Morgan fingerprint density at radius 2 is 1.83 bits per heavy atom. The molecule has 0 spiro atoms. The number of rotatable bonds is 8. The molecule has 0 N–H and O–H groups in total. The lowest BCUT2D eigenvalue weighted by atomic mass is 10.2. The highest BCUT2D eigenvalue weighted by Gasteiger charge is 2.24. The molecule has 0 atom stereocenters. The van der Waals surface area contributed by atoms with Gasteiger partial charge in [-0.2, -0.15) is 4.73 Å². The lowest BCUT2D eigenvalue weighted by molar-refractivity contribution is -0.580. The first-order valence-electron chi connectivity index (χ1n) is 9.03. The summed E-state index contributed by atoms with van der Waals surface area (Å²) in [6.45, 7) is 2.90. The van der Waals surface area contributed by atoms with Crippen LogP contribution in [0.5, 0.6) is 11.5 Å². The summed E-state index contributed by atoms with van der Waals surface area (Å²) >= 11 is 0. The van der Waals surface area contributed by atoms with E-state index in [0.717, 1.165) is 0 Å². The van der Waals surface area contributed by atoms with Gasteiger partial charge in [-0.25, -0.2) is 9.78 Å². The van der Waals surface area contributed by atoms with Crippen molar-refractivity contribution in [3.8, 4) is 11.5 Å². The number of esters is 1. The Morgan fingerprint density at radius 1 is 1.07 bits per heavy atom. The summed E-state index contributed by atoms with van der Waals surface area (Å²) in [6, 6.07) is 13.6. The molecule has 8 nitrogen and oxygen atoms in total. The van der Waals surface area contributed by atoms with E-state index in [9.17, 15) is 14.8 Å². The number of carbonyl (C=O) groups is 2. The summed E-state index contributed by atoms with van der Waals surface area (Å²) < 4.78 is 16.4. The molecule has 0 radical (unpaired) electrons. The predicted octanol–water partition coefficient (Wildman–Crippen LogP) is 2.59. The number of nitrogens with zero attached hydrogens (tertiary/aromatic N) is 2. The van der Waals surface area contributed by atoms with E-state index in [2.05, 4.69) is 4.98 Å².